The van der Waals surface area contributed by atoms with E-state index in [1.165, 1.54) is 6.42 Å². The van der Waals surface area contributed by atoms with Gasteiger partial charge in [0.15, 0.2) is 0 Å². The van der Waals surface area contributed by atoms with Gasteiger partial charge in [-0.05, 0) is 32.4 Å². The molecule has 0 saturated carbocycles. The van der Waals surface area contributed by atoms with Gasteiger partial charge in [-0.1, -0.05) is 0 Å². The number of nitrogens with zero attached hydrogens (tertiary/aromatic N) is 5. The summed E-state index contributed by atoms with van der Waals surface area (Å²) < 4.78 is 3.69. The first-order chi connectivity index (χ1) is 11.8. The molecule has 3 rings (SSSR count). The number of carbonyl (C=O) groups excluding carboxylic acids is 1. The first-order valence-corrected chi connectivity index (χ1v) is 8.63. The Balaban J connectivity index is 0.00000225. The second kappa shape index (κ2) is 9.53. The molecular weight excluding hydrogens is 342 g/mol. The van der Waals surface area contributed by atoms with Crippen molar-refractivity contribution in [2.24, 2.45) is 0 Å². The minimum Gasteiger partial charge on any atom is -0.354 e. The molecular formula is C16H26ClN7O. The Kier molecular flexibility index (Phi) is 7.39. The van der Waals surface area contributed by atoms with E-state index >= 15 is 0 Å². The van der Waals surface area contributed by atoms with E-state index in [-0.39, 0.29) is 24.9 Å². The summed E-state index contributed by atoms with van der Waals surface area (Å²) in [6.45, 7) is 5.75. The molecule has 1 fully saturated rings. The number of rotatable bonds is 7. The zero-order valence-electron chi connectivity index (χ0n) is 14.5. The first-order valence-electron chi connectivity index (χ1n) is 8.63. The Labute approximate surface area is 153 Å². The van der Waals surface area contributed by atoms with Crippen LogP contribution in [0.25, 0.3) is 0 Å². The predicted molar refractivity (Wildman–Crippen MR) is 96.7 cm³/mol. The van der Waals surface area contributed by atoms with Crippen molar-refractivity contribution in [3.63, 3.8) is 0 Å². The van der Waals surface area contributed by atoms with Crippen molar-refractivity contribution in [3.8, 4) is 0 Å². The van der Waals surface area contributed by atoms with Crippen molar-refractivity contribution in [1.29, 1.82) is 0 Å². The largest absolute Gasteiger partial charge is 0.354 e. The van der Waals surface area contributed by atoms with Gasteiger partial charge in [0.25, 0.3) is 0 Å². The topological polar surface area (TPSA) is 89.7 Å². The molecule has 1 aliphatic heterocycles. The monoisotopic (exact) mass is 367 g/mol. The molecule has 9 heteroatoms. The second-order valence-corrected chi connectivity index (χ2v) is 6.11. The van der Waals surface area contributed by atoms with Crippen molar-refractivity contribution < 1.29 is 4.79 Å². The molecule has 2 aromatic heterocycles. The highest BCUT2D eigenvalue weighted by Gasteiger charge is 2.17. The van der Waals surface area contributed by atoms with Crippen molar-refractivity contribution in [3.05, 3.63) is 30.1 Å². The molecule has 0 aliphatic carbocycles. The molecule has 2 aromatic rings. The number of piperidine rings is 1. The molecule has 138 valence electrons. The van der Waals surface area contributed by atoms with Crippen LogP contribution in [0.3, 0.4) is 0 Å². The summed E-state index contributed by atoms with van der Waals surface area (Å²) in [6, 6.07) is 2.02. The summed E-state index contributed by atoms with van der Waals surface area (Å²) in [5.74, 6) is 1.32. The number of amides is 1. The van der Waals surface area contributed by atoms with Crippen molar-refractivity contribution >= 4 is 18.3 Å². The number of aryl methyl sites for hydroxylation is 1. The average Bonchev–Trinajstić information content (AvgIpc) is 3.25. The van der Waals surface area contributed by atoms with Gasteiger partial charge in [-0.3, -0.25) is 9.48 Å². The highest BCUT2D eigenvalue weighted by atomic mass is 35.5. The lowest BCUT2D eigenvalue weighted by Gasteiger charge is -2.20. The van der Waals surface area contributed by atoms with Gasteiger partial charge in [0.2, 0.25) is 5.91 Å². The van der Waals surface area contributed by atoms with Crippen LogP contribution in [0.5, 0.6) is 0 Å². The Hall–Kier alpha value is -1.93. The smallest absolute Gasteiger partial charge is 0.241 e. The number of hydrogen-bond acceptors (Lipinski definition) is 5. The van der Waals surface area contributed by atoms with Crippen LogP contribution in [0.15, 0.2) is 18.6 Å². The molecule has 1 amide bonds. The van der Waals surface area contributed by atoms with E-state index in [1.807, 2.05) is 23.8 Å². The molecule has 0 bridgehead atoms. The van der Waals surface area contributed by atoms with E-state index in [9.17, 15) is 4.79 Å². The van der Waals surface area contributed by atoms with E-state index < -0.39 is 0 Å². The fourth-order valence-corrected chi connectivity index (χ4v) is 3.04. The van der Waals surface area contributed by atoms with Crippen LogP contribution in [-0.4, -0.2) is 50.1 Å². The zero-order chi connectivity index (χ0) is 16.8. The highest BCUT2D eigenvalue weighted by molar-refractivity contribution is 5.85. The molecule has 25 heavy (non-hydrogen) atoms. The van der Waals surface area contributed by atoms with Crippen LogP contribution in [0.1, 0.15) is 37.2 Å². The van der Waals surface area contributed by atoms with Crippen molar-refractivity contribution in [2.75, 3.05) is 19.6 Å². The van der Waals surface area contributed by atoms with Crippen molar-refractivity contribution in [1.82, 2.24) is 35.2 Å². The number of nitrogens with one attached hydrogen (secondary N) is 2. The van der Waals surface area contributed by atoms with Gasteiger partial charge < -0.3 is 15.2 Å². The quantitative estimate of drug-likeness (QED) is 0.753. The molecule has 8 nitrogen and oxygen atoms in total. The van der Waals surface area contributed by atoms with E-state index in [0.29, 0.717) is 18.9 Å². The normalized spacial score (nSPS) is 17.1. The second-order valence-electron chi connectivity index (χ2n) is 6.11. The molecule has 0 spiro atoms. The van der Waals surface area contributed by atoms with Crippen LogP contribution < -0.4 is 10.6 Å². The maximum absolute atomic E-state index is 12.1. The fraction of sp³-hybridized carbons (Fsp3) is 0.625. The van der Waals surface area contributed by atoms with Gasteiger partial charge in [0, 0.05) is 38.2 Å². The standard InChI is InChI=1S/C16H25N7O.ClH/c1-2-22-12-19-20-15(22)5-8-18-16(24)11-23-9-6-14(21-23)13-4-3-7-17-10-13;/h6,9,12-13,17H,2-5,7-8,10-11H2,1H3,(H,18,24);1H. The number of aromatic nitrogens is 5. The molecule has 0 aromatic carbocycles. The van der Waals surface area contributed by atoms with E-state index in [4.69, 9.17) is 0 Å². The summed E-state index contributed by atoms with van der Waals surface area (Å²) >= 11 is 0. The summed E-state index contributed by atoms with van der Waals surface area (Å²) in [4.78, 5) is 12.1. The molecule has 1 unspecified atom stereocenters. The third-order valence-corrected chi connectivity index (χ3v) is 4.39. The SMILES string of the molecule is CCn1cnnc1CCNC(=O)Cn1ccc(C2CCCNC2)n1.Cl. The molecule has 1 aliphatic rings. The Bertz CT molecular complexity index is 663. The minimum atomic E-state index is -0.0333. The van der Waals surface area contributed by atoms with Crippen molar-refractivity contribution in [2.45, 2.75) is 45.2 Å². The van der Waals surface area contributed by atoms with Gasteiger partial charge in [-0.25, -0.2) is 0 Å². The van der Waals surface area contributed by atoms with E-state index in [1.54, 1.807) is 11.0 Å². The molecule has 1 atom stereocenters. The number of hydrogen-bond donors (Lipinski definition) is 2. The number of carbonyl (C=O) groups is 1. The summed E-state index contributed by atoms with van der Waals surface area (Å²) in [5, 5.41) is 18.8. The Morgan fingerprint density at radius 3 is 3.12 bits per heavy atom. The summed E-state index contributed by atoms with van der Waals surface area (Å²) in [6.07, 6.45) is 6.62. The number of halogens is 1. The maximum Gasteiger partial charge on any atom is 0.241 e. The molecule has 0 radical (unpaired) electrons. The predicted octanol–water partition coefficient (Wildman–Crippen LogP) is 0.742. The average molecular weight is 368 g/mol. The summed E-state index contributed by atoms with van der Waals surface area (Å²) in [5.41, 5.74) is 1.08. The van der Waals surface area contributed by atoms with Gasteiger partial charge in [-0.2, -0.15) is 5.10 Å². The van der Waals surface area contributed by atoms with Gasteiger partial charge in [0.05, 0.1) is 5.69 Å². The Morgan fingerprint density at radius 1 is 1.48 bits per heavy atom. The molecule has 1 saturated heterocycles. The van der Waals surface area contributed by atoms with Gasteiger partial charge in [0.1, 0.15) is 18.7 Å². The van der Waals surface area contributed by atoms with Gasteiger partial charge in [-0.15, -0.1) is 22.6 Å². The zero-order valence-corrected chi connectivity index (χ0v) is 15.3. The molecule has 2 N–H and O–H groups in total. The summed E-state index contributed by atoms with van der Waals surface area (Å²) in [7, 11) is 0. The van der Waals surface area contributed by atoms with Crippen LogP contribution in [0.2, 0.25) is 0 Å². The lowest BCUT2D eigenvalue weighted by atomic mass is 9.97. The van der Waals surface area contributed by atoms with Gasteiger partial charge >= 0.3 is 0 Å². The van der Waals surface area contributed by atoms with Crippen LogP contribution >= 0.6 is 12.4 Å². The first kappa shape index (κ1) is 19.4. The molecule has 3 heterocycles. The van der Waals surface area contributed by atoms with Crippen LogP contribution in [-0.2, 0) is 24.3 Å². The highest BCUT2D eigenvalue weighted by Crippen LogP contribution is 2.21. The lowest BCUT2D eigenvalue weighted by Crippen LogP contribution is -2.30. The van der Waals surface area contributed by atoms with Crippen LogP contribution in [0, 0.1) is 0 Å². The van der Waals surface area contributed by atoms with Crippen LogP contribution in [0.4, 0.5) is 0 Å². The third kappa shape index (κ3) is 5.27. The van der Waals surface area contributed by atoms with E-state index in [2.05, 4.69) is 25.9 Å². The van der Waals surface area contributed by atoms with E-state index in [0.717, 1.165) is 37.6 Å². The Morgan fingerprint density at radius 2 is 2.36 bits per heavy atom. The minimum absolute atomic E-state index is 0. The lowest BCUT2D eigenvalue weighted by molar-refractivity contribution is -0.121. The fourth-order valence-electron chi connectivity index (χ4n) is 3.04. The maximum atomic E-state index is 12.1. The third-order valence-electron chi connectivity index (χ3n) is 4.39.